The molecular weight excluding hydrogens is 300 g/mol. The first kappa shape index (κ1) is 16.2. The Hall–Kier alpha value is -2.62. The lowest BCUT2D eigenvalue weighted by Crippen LogP contribution is -2.28. The molecule has 124 valence electrons. The molecule has 3 rings (SSSR count). The van der Waals surface area contributed by atoms with Crippen LogP contribution in [0.2, 0.25) is 0 Å². The summed E-state index contributed by atoms with van der Waals surface area (Å²) in [5.74, 6) is -0.412. The third-order valence-corrected chi connectivity index (χ3v) is 4.49. The predicted molar refractivity (Wildman–Crippen MR) is 96.2 cm³/mol. The van der Waals surface area contributed by atoms with Crippen molar-refractivity contribution in [3.63, 3.8) is 0 Å². The van der Waals surface area contributed by atoms with Crippen molar-refractivity contribution in [2.45, 2.75) is 27.2 Å². The van der Waals surface area contributed by atoms with E-state index < -0.39 is 0 Å². The van der Waals surface area contributed by atoms with Gasteiger partial charge in [-0.05, 0) is 50.1 Å². The molecule has 1 saturated heterocycles. The summed E-state index contributed by atoms with van der Waals surface area (Å²) in [6, 6.07) is 13.8. The molecule has 1 heterocycles. The first-order valence-corrected chi connectivity index (χ1v) is 8.19. The average molecular weight is 322 g/mol. The SMILES string of the molecule is Cc1ccc(N2C[C@@H](C(=O)Nc3cc(C)ccc3C)CC2=O)cc1. The fourth-order valence-electron chi connectivity index (χ4n) is 2.96. The summed E-state index contributed by atoms with van der Waals surface area (Å²) in [5, 5.41) is 2.98. The van der Waals surface area contributed by atoms with Crippen molar-refractivity contribution >= 4 is 23.2 Å². The van der Waals surface area contributed by atoms with Gasteiger partial charge in [-0.15, -0.1) is 0 Å². The molecule has 4 heteroatoms. The van der Waals surface area contributed by atoms with Crippen LogP contribution in [0.25, 0.3) is 0 Å². The van der Waals surface area contributed by atoms with Gasteiger partial charge in [-0.25, -0.2) is 0 Å². The molecule has 0 bridgehead atoms. The molecule has 2 aromatic carbocycles. The van der Waals surface area contributed by atoms with E-state index in [1.54, 1.807) is 4.90 Å². The second-order valence-electron chi connectivity index (χ2n) is 6.55. The lowest BCUT2D eigenvalue weighted by molar-refractivity contribution is -0.122. The van der Waals surface area contributed by atoms with Crippen LogP contribution in [0.3, 0.4) is 0 Å². The van der Waals surface area contributed by atoms with Gasteiger partial charge in [0.05, 0.1) is 5.92 Å². The Labute approximate surface area is 142 Å². The number of anilines is 2. The number of hydrogen-bond donors (Lipinski definition) is 1. The average Bonchev–Trinajstić information content (AvgIpc) is 2.94. The summed E-state index contributed by atoms with van der Waals surface area (Å²) in [6.45, 7) is 6.40. The summed E-state index contributed by atoms with van der Waals surface area (Å²) in [7, 11) is 0. The van der Waals surface area contributed by atoms with Gasteiger partial charge >= 0.3 is 0 Å². The Bertz CT molecular complexity index is 781. The van der Waals surface area contributed by atoms with Gasteiger partial charge in [-0.3, -0.25) is 9.59 Å². The summed E-state index contributed by atoms with van der Waals surface area (Å²) >= 11 is 0. The van der Waals surface area contributed by atoms with Crippen LogP contribution in [0.5, 0.6) is 0 Å². The summed E-state index contributed by atoms with van der Waals surface area (Å²) < 4.78 is 0. The largest absolute Gasteiger partial charge is 0.326 e. The van der Waals surface area contributed by atoms with Crippen molar-refractivity contribution < 1.29 is 9.59 Å². The summed E-state index contributed by atoms with van der Waals surface area (Å²) in [4.78, 5) is 26.6. The predicted octanol–water partition coefficient (Wildman–Crippen LogP) is 3.60. The monoisotopic (exact) mass is 322 g/mol. The second-order valence-corrected chi connectivity index (χ2v) is 6.55. The molecule has 0 radical (unpaired) electrons. The molecule has 1 fully saturated rings. The number of amides is 2. The standard InChI is InChI=1S/C20H22N2O2/c1-13-5-8-17(9-6-13)22-12-16(11-19(22)23)20(24)21-18-10-14(2)4-7-15(18)3/h4-10,16H,11-12H2,1-3H3,(H,21,24)/t16-/m0/s1. The minimum absolute atomic E-state index is 0.0000303. The van der Waals surface area contributed by atoms with E-state index in [0.717, 1.165) is 28.1 Å². The number of hydrogen-bond acceptors (Lipinski definition) is 2. The Morgan fingerprint density at radius 1 is 1.04 bits per heavy atom. The maximum atomic E-state index is 12.6. The number of rotatable bonds is 3. The minimum atomic E-state index is -0.321. The molecule has 4 nitrogen and oxygen atoms in total. The van der Waals surface area contributed by atoms with Crippen molar-refractivity contribution in [2.24, 2.45) is 5.92 Å². The zero-order valence-corrected chi connectivity index (χ0v) is 14.3. The third kappa shape index (κ3) is 3.32. The zero-order valence-electron chi connectivity index (χ0n) is 14.3. The van der Waals surface area contributed by atoms with Crippen molar-refractivity contribution in [2.75, 3.05) is 16.8 Å². The van der Waals surface area contributed by atoms with Crippen molar-refractivity contribution in [1.29, 1.82) is 0 Å². The summed E-state index contributed by atoms with van der Waals surface area (Å²) in [5.41, 5.74) is 4.94. The van der Waals surface area contributed by atoms with Crippen LogP contribution in [0, 0.1) is 26.7 Å². The van der Waals surface area contributed by atoms with Gasteiger partial charge in [0.1, 0.15) is 0 Å². The second kappa shape index (κ2) is 6.48. The smallest absolute Gasteiger partial charge is 0.229 e. The highest BCUT2D eigenvalue weighted by Gasteiger charge is 2.35. The molecule has 0 aromatic heterocycles. The van der Waals surface area contributed by atoms with Crippen LogP contribution in [0.15, 0.2) is 42.5 Å². The number of carbonyl (C=O) groups is 2. The minimum Gasteiger partial charge on any atom is -0.326 e. The Kier molecular flexibility index (Phi) is 4.38. The Morgan fingerprint density at radius 3 is 2.42 bits per heavy atom. The molecule has 2 amide bonds. The maximum absolute atomic E-state index is 12.6. The van der Waals surface area contributed by atoms with Gasteiger partial charge in [-0.1, -0.05) is 29.8 Å². The number of carbonyl (C=O) groups excluding carboxylic acids is 2. The molecule has 1 aliphatic rings. The van der Waals surface area contributed by atoms with Crippen LogP contribution in [-0.4, -0.2) is 18.4 Å². The van der Waals surface area contributed by atoms with Crippen LogP contribution in [0.4, 0.5) is 11.4 Å². The van der Waals surface area contributed by atoms with Crippen molar-refractivity contribution in [1.82, 2.24) is 0 Å². The number of nitrogens with zero attached hydrogens (tertiary/aromatic N) is 1. The normalized spacial score (nSPS) is 17.2. The van der Waals surface area contributed by atoms with E-state index in [1.165, 1.54) is 0 Å². The molecule has 0 aliphatic carbocycles. The fourth-order valence-corrected chi connectivity index (χ4v) is 2.96. The third-order valence-electron chi connectivity index (χ3n) is 4.49. The van der Waals surface area contributed by atoms with Gasteiger partial charge in [0.2, 0.25) is 11.8 Å². The van der Waals surface area contributed by atoms with E-state index in [1.807, 2.05) is 63.2 Å². The van der Waals surface area contributed by atoms with Gasteiger partial charge in [0.25, 0.3) is 0 Å². The first-order valence-electron chi connectivity index (χ1n) is 8.19. The van der Waals surface area contributed by atoms with Crippen LogP contribution in [-0.2, 0) is 9.59 Å². The molecule has 0 unspecified atom stereocenters. The highest BCUT2D eigenvalue weighted by molar-refractivity contribution is 6.03. The number of nitrogens with one attached hydrogen (secondary N) is 1. The van der Waals surface area contributed by atoms with Crippen LogP contribution in [0.1, 0.15) is 23.1 Å². The number of benzene rings is 2. The molecule has 0 spiro atoms. The van der Waals surface area contributed by atoms with Crippen LogP contribution >= 0.6 is 0 Å². The molecule has 1 N–H and O–H groups in total. The van der Waals surface area contributed by atoms with E-state index in [4.69, 9.17) is 0 Å². The van der Waals surface area contributed by atoms with Gasteiger partial charge < -0.3 is 10.2 Å². The zero-order chi connectivity index (χ0) is 17.3. The Balaban J connectivity index is 1.72. The van der Waals surface area contributed by atoms with Crippen molar-refractivity contribution in [3.8, 4) is 0 Å². The lowest BCUT2D eigenvalue weighted by atomic mass is 10.1. The highest BCUT2D eigenvalue weighted by atomic mass is 16.2. The maximum Gasteiger partial charge on any atom is 0.229 e. The molecular formula is C20H22N2O2. The van der Waals surface area contributed by atoms with E-state index in [-0.39, 0.29) is 24.2 Å². The Morgan fingerprint density at radius 2 is 1.71 bits per heavy atom. The summed E-state index contributed by atoms with van der Waals surface area (Å²) in [6.07, 6.45) is 0.255. The molecule has 1 aliphatic heterocycles. The van der Waals surface area contributed by atoms with Crippen molar-refractivity contribution in [3.05, 3.63) is 59.2 Å². The van der Waals surface area contributed by atoms with E-state index in [0.29, 0.717) is 6.54 Å². The fraction of sp³-hybridized carbons (Fsp3) is 0.300. The van der Waals surface area contributed by atoms with E-state index in [2.05, 4.69) is 5.32 Å². The quantitative estimate of drug-likeness (QED) is 0.938. The van der Waals surface area contributed by atoms with Gasteiger partial charge in [-0.2, -0.15) is 0 Å². The van der Waals surface area contributed by atoms with Gasteiger partial charge in [0.15, 0.2) is 0 Å². The first-order chi connectivity index (χ1) is 11.4. The molecule has 2 aromatic rings. The highest BCUT2D eigenvalue weighted by Crippen LogP contribution is 2.27. The van der Waals surface area contributed by atoms with Crippen LogP contribution < -0.4 is 10.2 Å². The molecule has 0 saturated carbocycles. The molecule has 1 atom stereocenters. The number of aryl methyl sites for hydroxylation is 3. The van der Waals surface area contributed by atoms with Gasteiger partial charge in [0, 0.05) is 24.3 Å². The molecule has 24 heavy (non-hydrogen) atoms. The van der Waals surface area contributed by atoms with E-state index >= 15 is 0 Å². The van der Waals surface area contributed by atoms with E-state index in [9.17, 15) is 9.59 Å². The topological polar surface area (TPSA) is 49.4 Å². The lowest BCUT2D eigenvalue weighted by Gasteiger charge is -2.17.